The lowest BCUT2D eigenvalue weighted by atomic mass is 9.89. The van der Waals surface area contributed by atoms with E-state index in [4.69, 9.17) is 9.84 Å². The Kier molecular flexibility index (Phi) is 5.80. The Hall–Kier alpha value is -4.31. The maximum Gasteiger partial charge on any atom is 0.271 e. The lowest BCUT2D eigenvalue weighted by Crippen LogP contribution is -2.51. The molecule has 1 aliphatic heterocycles. The Morgan fingerprint density at radius 2 is 2.05 bits per heavy atom. The zero-order valence-corrected chi connectivity index (χ0v) is 20.6. The lowest BCUT2D eigenvalue weighted by molar-refractivity contribution is 0.00718. The lowest BCUT2D eigenvalue weighted by Gasteiger charge is -2.35. The van der Waals surface area contributed by atoms with Crippen LogP contribution in [-0.4, -0.2) is 64.6 Å². The molecule has 10 nitrogen and oxygen atoms in total. The number of hydrogen-bond acceptors (Lipinski definition) is 8. The summed E-state index contributed by atoms with van der Waals surface area (Å²) < 4.78 is 7.03. The molecule has 4 heterocycles. The van der Waals surface area contributed by atoms with E-state index in [1.165, 1.54) is 5.56 Å². The molecule has 188 valence electrons. The molecule has 10 heteroatoms. The van der Waals surface area contributed by atoms with Gasteiger partial charge in [0, 0.05) is 49.8 Å². The van der Waals surface area contributed by atoms with Gasteiger partial charge in [-0.15, -0.1) is 5.10 Å². The monoisotopic (exact) mass is 497 g/mol. The Labute approximate surface area is 213 Å². The number of methoxy groups -OCH3 is 1. The summed E-state index contributed by atoms with van der Waals surface area (Å²) in [6.07, 6.45) is 6.63. The highest BCUT2D eigenvalue weighted by molar-refractivity contribution is 5.94. The minimum Gasteiger partial charge on any atom is -0.385 e. The molecule has 0 radical (unpaired) electrons. The van der Waals surface area contributed by atoms with Crippen LogP contribution in [0.15, 0.2) is 48.8 Å². The molecule has 0 unspecified atom stereocenters. The highest BCUT2D eigenvalue weighted by Crippen LogP contribution is 2.39. The fourth-order valence-electron chi connectivity index (χ4n) is 5.13. The summed E-state index contributed by atoms with van der Waals surface area (Å²) in [6.45, 7) is 0.730. The van der Waals surface area contributed by atoms with Crippen molar-refractivity contribution in [1.82, 2.24) is 24.9 Å². The molecule has 1 saturated carbocycles. The molecule has 2 atom stereocenters. The fourth-order valence-corrected chi connectivity index (χ4v) is 5.13. The van der Waals surface area contributed by atoms with E-state index in [0.717, 1.165) is 54.7 Å². The van der Waals surface area contributed by atoms with Crippen LogP contribution < -0.4 is 15.5 Å². The molecule has 0 spiro atoms. The standard InChI is InChI=1S/C27H27N7O3/c1-28-21-12-25(32-34-23(14-30-26(21)34)27(36)31-20-8-9-24(20)37-2)33-11-10-18-17(4-3-5-22(18)33)19-7-6-16(15-35)13-29-19/h3-7,12-15,20,24,28H,8-11H2,1-2H3,(H,31,36)/t20-,24-/m1/s1. The molecular formula is C27H27N7O3. The molecule has 1 fully saturated rings. The number of rotatable bonds is 7. The molecule has 2 aliphatic rings. The molecule has 0 saturated heterocycles. The average Bonchev–Trinajstić information content (AvgIpc) is 3.55. The maximum absolute atomic E-state index is 13.1. The van der Waals surface area contributed by atoms with Gasteiger partial charge in [-0.05, 0) is 43.0 Å². The molecule has 1 aliphatic carbocycles. The highest BCUT2D eigenvalue weighted by atomic mass is 16.5. The number of ether oxygens (including phenoxy) is 1. The van der Waals surface area contributed by atoms with Crippen molar-refractivity contribution < 1.29 is 14.3 Å². The normalized spacial score (nSPS) is 18.4. The number of pyridine rings is 1. The fraction of sp³-hybridized carbons (Fsp3) is 0.296. The Bertz CT molecular complexity index is 1500. The predicted octanol–water partition coefficient (Wildman–Crippen LogP) is 3.25. The number of anilines is 3. The van der Waals surface area contributed by atoms with Gasteiger partial charge in [0.05, 0.1) is 29.7 Å². The summed E-state index contributed by atoms with van der Waals surface area (Å²) in [5, 5.41) is 11.1. The van der Waals surface area contributed by atoms with E-state index in [1.807, 2.05) is 31.3 Å². The minimum atomic E-state index is -0.222. The van der Waals surface area contributed by atoms with E-state index in [-0.39, 0.29) is 18.1 Å². The summed E-state index contributed by atoms with van der Waals surface area (Å²) in [7, 11) is 3.50. The maximum atomic E-state index is 13.1. The molecule has 1 amide bonds. The molecular weight excluding hydrogens is 470 g/mol. The van der Waals surface area contributed by atoms with Crippen LogP contribution in [0, 0.1) is 0 Å². The quantitative estimate of drug-likeness (QED) is 0.374. The van der Waals surface area contributed by atoms with E-state index in [2.05, 4.69) is 31.6 Å². The van der Waals surface area contributed by atoms with Crippen molar-refractivity contribution in [1.29, 1.82) is 0 Å². The average molecular weight is 498 g/mol. The molecule has 37 heavy (non-hydrogen) atoms. The summed E-state index contributed by atoms with van der Waals surface area (Å²) >= 11 is 0. The second-order valence-corrected chi connectivity index (χ2v) is 9.28. The van der Waals surface area contributed by atoms with Crippen LogP contribution in [0.2, 0.25) is 0 Å². The van der Waals surface area contributed by atoms with Gasteiger partial charge >= 0.3 is 0 Å². The minimum absolute atomic E-state index is 0.00640. The number of nitrogens with zero attached hydrogens (tertiary/aromatic N) is 5. The second kappa shape index (κ2) is 9.29. The van der Waals surface area contributed by atoms with E-state index in [0.29, 0.717) is 22.7 Å². The first-order chi connectivity index (χ1) is 18.1. The Morgan fingerprint density at radius 3 is 2.76 bits per heavy atom. The van der Waals surface area contributed by atoms with Gasteiger partial charge in [0.15, 0.2) is 23.4 Å². The SMILES string of the molecule is CNc1cc(N2CCc3c(-c4ccc(C=O)cn4)cccc32)nn2c(C(=O)N[C@@H]3CC[C@H]3OC)cnc12. The molecule has 0 bridgehead atoms. The third kappa shape index (κ3) is 3.89. The van der Waals surface area contributed by atoms with E-state index < -0.39 is 0 Å². The molecule has 4 aromatic rings. The number of aldehydes is 1. The highest BCUT2D eigenvalue weighted by Gasteiger charge is 2.33. The summed E-state index contributed by atoms with van der Waals surface area (Å²) in [5.41, 5.74) is 6.34. The third-order valence-corrected chi connectivity index (χ3v) is 7.29. The van der Waals surface area contributed by atoms with Crippen LogP contribution in [0.25, 0.3) is 16.9 Å². The number of amides is 1. The topological polar surface area (TPSA) is 114 Å². The summed E-state index contributed by atoms with van der Waals surface area (Å²) in [6, 6.07) is 11.7. The van der Waals surface area contributed by atoms with Gasteiger partial charge in [0.25, 0.3) is 5.91 Å². The van der Waals surface area contributed by atoms with Crippen molar-refractivity contribution >= 4 is 35.0 Å². The Morgan fingerprint density at radius 1 is 1.16 bits per heavy atom. The zero-order valence-electron chi connectivity index (χ0n) is 20.6. The predicted molar refractivity (Wildman–Crippen MR) is 140 cm³/mol. The van der Waals surface area contributed by atoms with Gasteiger partial charge in [-0.1, -0.05) is 12.1 Å². The summed E-state index contributed by atoms with van der Waals surface area (Å²) in [4.78, 5) is 35.3. The first kappa shape index (κ1) is 23.1. The van der Waals surface area contributed by atoms with Crippen LogP contribution in [-0.2, 0) is 11.2 Å². The van der Waals surface area contributed by atoms with Gasteiger partial charge in [-0.25, -0.2) is 9.50 Å². The van der Waals surface area contributed by atoms with Crippen molar-refractivity contribution in [2.24, 2.45) is 0 Å². The van der Waals surface area contributed by atoms with E-state index in [1.54, 1.807) is 30.1 Å². The molecule has 2 N–H and O–H groups in total. The zero-order chi connectivity index (χ0) is 25.5. The van der Waals surface area contributed by atoms with Gasteiger partial charge in [0.2, 0.25) is 0 Å². The van der Waals surface area contributed by atoms with Gasteiger partial charge in [-0.2, -0.15) is 0 Å². The molecule has 3 aromatic heterocycles. The van der Waals surface area contributed by atoms with Crippen molar-refractivity contribution in [2.75, 3.05) is 30.9 Å². The van der Waals surface area contributed by atoms with E-state index >= 15 is 0 Å². The number of aromatic nitrogens is 4. The van der Waals surface area contributed by atoms with Gasteiger partial charge < -0.3 is 20.3 Å². The number of benzene rings is 1. The first-order valence-corrected chi connectivity index (χ1v) is 12.3. The molecule has 6 rings (SSSR count). The third-order valence-electron chi connectivity index (χ3n) is 7.29. The number of nitrogens with one attached hydrogen (secondary N) is 2. The first-order valence-electron chi connectivity index (χ1n) is 12.3. The van der Waals surface area contributed by atoms with Crippen LogP contribution in [0.1, 0.15) is 39.3 Å². The smallest absolute Gasteiger partial charge is 0.271 e. The number of fused-ring (bicyclic) bond motifs is 2. The van der Waals surface area contributed by atoms with Crippen molar-refractivity contribution in [2.45, 2.75) is 31.4 Å². The van der Waals surface area contributed by atoms with Crippen molar-refractivity contribution in [3.05, 3.63) is 65.6 Å². The Balaban J connectivity index is 1.37. The van der Waals surface area contributed by atoms with Crippen molar-refractivity contribution in [3.63, 3.8) is 0 Å². The van der Waals surface area contributed by atoms with Crippen LogP contribution >= 0.6 is 0 Å². The van der Waals surface area contributed by atoms with Gasteiger partial charge in [0.1, 0.15) is 0 Å². The largest absolute Gasteiger partial charge is 0.385 e. The number of carbonyl (C=O) groups is 2. The second-order valence-electron chi connectivity index (χ2n) is 9.28. The van der Waals surface area contributed by atoms with Crippen LogP contribution in [0.5, 0.6) is 0 Å². The summed E-state index contributed by atoms with van der Waals surface area (Å²) in [5.74, 6) is 0.488. The number of carbonyl (C=O) groups excluding carboxylic acids is 2. The number of imidazole rings is 1. The van der Waals surface area contributed by atoms with Crippen LogP contribution in [0.3, 0.4) is 0 Å². The van der Waals surface area contributed by atoms with Crippen LogP contribution in [0.4, 0.5) is 17.2 Å². The molecule has 1 aromatic carbocycles. The van der Waals surface area contributed by atoms with Crippen molar-refractivity contribution in [3.8, 4) is 11.3 Å². The van der Waals surface area contributed by atoms with E-state index in [9.17, 15) is 9.59 Å². The van der Waals surface area contributed by atoms with Gasteiger partial charge in [-0.3, -0.25) is 14.6 Å². The number of hydrogen-bond donors (Lipinski definition) is 2.